The van der Waals surface area contributed by atoms with Crippen molar-refractivity contribution in [2.75, 3.05) is 7.11 Å². The zero-order valence-electron chi connectivity index (χ0n) is 13.6. The molecule has 3 aromatic heterocycles. The van der Waals surface area contributed by atoms with Crippen LogP contribution in [0.2, 0.25) is 0 Å². The van der Waals surface area contributed by atoms with E-state index in [0.29, 0.717) is 11.2 Å². The van der Waals surface area contributed by atoms with E-state index in [4.69, 9.17) is 4.42 Å². The van der Waals surface area contributed by atoms with E-state index >= 15 is 0 Å². The van der Waals surface area contributed by atoms with Gasteiger partial charge in [0.15, 0.2) is 0 Å². The molecule has 0 bridgehead atoms. The highest BCUT2D eigenvalue weighted by Gasteiger charge is 2.23. The molecule has 0 unspecified atom stereocenters. The third-order valence-corrected chi connectivity index (χ3v) is 4.65. The quantitative estimate of drug-likeness (QED) is 0.668. The van der Waals surface area contributed by atoms with Crippen molar-refractivity contribution in [2.24, 2.45) is 0 Å². The van der Waals surface area contributed by atoms with Crippen LogP contribution in [-0.2, 0) is 28.9 Å². The molecule has 0 radical (unpaired) electrons. The van der Waals surface area contributed by atoms with Crippen LogP contribution in [0, 0.1) is 6.92 Å². The molecule has 0 aliphatic heterocycles. The predicted molar refractivity (Wildman–Crippen MR) is 87.0 cm³/mol. The molecule has 0 saturated carbocycles. The molecule has 0 amide bonds. The minimum atomic E-state index is -0.513. The molecule has 7 nitrogen and oxygen atoms in total. The molecule has 0 atom stereocenters. The van der Waals surface area contributed by atoms with E-state index in [1.807, 2.05) is 6.92 Å². The van der Waals surface area contributed by atoms with Gasteiger partial charge >= 0.3 is 5.97 Å². The van der Waals surface area contributed by atoms with E-state index in [-0.39, 0.29) is 12.1 Å². The van der Waals surface area contributed by atoms with Crippen LogP contribution in [0.25, 0.3) is 22.2 Å². The summed E-state index contributed by atoms with van der Waals surface area (Å²) in [6.07, 6.45) is 5.56. The third kappa shape index (κ3) is 2.11. The van der Waals surface area contributed by atoms with Gasteiger partial charge in [0.1, 0.15) is 12.1 Å². The van der Waals surface area contributed by atoms with Crippen molar-refractivity contribution >= 4 is 28.2 Å². The maximum absolute atomic E-state index is 12.6. The molecule has 124 valence electrons. The van der Waals surface area contributed by atoms with E-state index in [9.17, 15) is 9.59 Å². The fourth-order valence-corrected chi connectivity index (χ4v) is 3.46. The molecule has 7 heteroatoms. The highest BCUT2D eigenvalue weighted by molar-refractivity contribution is 6.03. The topological polar surface area (TPSA) is 87.2 Å². The minimum Gasteiger partial charge on any atom is -0.468 e. The van der Waals surface area contributed by atoms with Crippen LogP contribution in [0.1, 0.15) is 29.7 Å². The Kier molecular flexibility index (Phi) is 3.37. The Balaban J connectivity index is 2.00. The molecule has 0 N–H and O–H groups in total. The van der Waals surface area contributed by atoms with Gasteiger partial charge in [0, 0.05) is 5.69 Å². The van der Waals surface area contributed by atoms with Gasteiger partial charge in [-0.2, -0.15) is 0 Å². The number of furan rings is 1. The smallest absolute Gasteiger partial charge is 0.325 e. The summed E-state index contributed by atoms with van der Waals surface area (Å²) in [5.74, 6) is -0.513. The molecule has 0 fully saturated rings. The Morgan fingerprint density at radius 2 is 2.08 bits per heavy atom. The summed E-state index contributed by atoms with van der Waals surface area (Å²) in [7, 11) is 1.28. The average molecular weight is 327 g/mol. The highest BCUT2D eigenvalue weighted by Crippen LogP contribution is 2.34. The molecular formula is C17H17N3O4. The summed E-state index contributed by atoms with van der Waals surface area (Å²) < 4.78 is 11.5. The van der Waals surface area contributed by atoms with Crippen molar-refractivity contribution in [1.82, 2.24) is 14.5 Å². The van der Waals surface area contributed by atoms with Crippen LogP contribution in [0.15, 0.2) is 15.5 Å². The van der Waals surface area contributed by atoms with E-state index in [1.54, 1.807) is 0 Å². The fourth-order valence-electron chi connectivity index (χ4n) is 3.46. The fraction of sp³-hybridized carbons (Fsp3) is 0.412. The summed E-state index contributed by atoms with van der Waals surface area (Å²) >= 11 is 0. The van der Waals surface area contributed by atoms with Gasteiger partial charge in [-0.15, -0.1) is 0 Å². The Morgan fingerprint density at radius 1 is 1.33 bits per heavy atom. The summed E-state index contributed by atoms with van der Waals surface area (Å²) in [4.78, 5) is 32.9. The maximum Gasteiger partial charge on any atom is 0.325 e. The normalized spacial score (nSPS) is 14.1. The number of carbonyl (C=O) groups is 1. The van der Waals surface area contributed by atoms with Crippen molar-refractivity contribution in [3.8, 4) is 0 Å². The Morgan fingerprint density at radius 3 is 2.83 bits per heavy atom. The van der Waals surface area contributed by atoms with E-state index in [2.05, 4.69) is 14.7 Å². The van der Waals surface area contributed by atoms with Gasteiger partial charge in [0.05, 0.1) is 18.8 Å². The molecular weight excluding hydrogens is 310 g/mol. The highest BCUT2D eigenvalue weighted by atomic mass is 16.5. The predicted octanol–water partition coefficient (Wildman–Crippen LogP) is 1.90. The van der Waals surface area contributed by atoms with Crippen LogP contribution < -0.4 is 5.56 Å². The largest absolute Gasteiger partial charge is 0.468 e. The van der Waals surface area contributed by atoms with Crippen molar-refractivity contribution in [3.05, 3.63) is 33.5 Å². The molecule has 3 aromatic rings. The number of nitrogens with zero attached hydrogens (tertiary/aromatic N) is 3. The number of methoxy groups -OCH3 is 1. The average Bonchev–Trinajstić information content (AvgIpc) is 2.96. The number of ether oxygens (including phenoxy) is 1. The van der Waals surface area contributed by atoms with Crippen molar-refractivity contribution in [1.29, 1.82) is 0 Å². The summed E-state index contributed by atoms with van der Waals surface area (Å²) in [5.41, 5.74) is 4.11. The Bertz CT molecular complexity index is 1030. The lowest BCUT2D eigenvalue weighted by atomic mass is 9.89. The summed E-state index contributed by atoms with van der Waals surface area (Å²) in [5, 5.41) is 0.840. The number of fused-ring (bicyclic) bond motifs is 5. The van der Waals surface area contributed by atoms with Crippen LogP contribution >= 0.6 is 0 Å². The lowest BCUT2D eigenvalue weighted by Gasteiger charge is -2.17. The third-order valence-electron chi connectivity index (χ3n) is 4.65. The SMILES string of the molecule is COC(=O)Cn1cnc2c(oc3nc(C)c4c(c32)CCCC4)c1=O. The monoisotopic (exact) mass is 327 g/mol. The molecule has 0 saturated heterocycles. The summed E-state index contributed by atoms with van der Waals surface area (Å²) in [6.45, 7) is 1.78. The number of hydrogen-bond acceptors (Lipinski definition) is 6. The number of hydrogen-bond donors (Lipinski definition) is 0. The first-order chi connectivity index (χ1) is 11.6. The van der Waals surface area contributed by atoms with Gasteiger partial charge in [-0.25, -0.2) is 9.97 Å². The molecule has 0 aromatic carbocycles. The second-order valence-corrected chi connectivity index (χ2v) is 6.08. The Hall–Kier alpha value is -2.70. The van der Waals surface area contributed by atoms with Gasteiger partial charge in [-0.1, -0.05) is 0 Å². The van der Waals surface area contributed by atoms with Crippen molar-refractivity contribution in [3.63, 3.8) is 0 Å². The number of esters is 1. The number of carbonyl (C=O) groups excluding carboxylic acids is 1. The minimum absolute atomic E-state index is 0.141. The number of aryl methyl sites for hydroxylation is 2. The molecule has 24 heavy (non-hydrogen) atoms. The van der Waals surface area contributed by atoms with Crippen molar-refractivity contribution in [2.45, 2.75) is 39.2 Å². The molecule has 1 aliphatic carbocycles. The molecule has 4 rings (SSSR count). The van der Waals surface area contributed by atoms with E-state index in [0.717, 1.165) is 36.8 Å². The lowest BCUT2D eigenvalue weighted by molar-refractivity contribution is -0.141. The molecule has 3 heterocycles. The zero-order chi connectivity index (χ0) is 16.8. The van der Waals surface area contributed by atoms with Gasteiger partial charge in [-0.3, -0.25) is 14.2 Å². The van der Waals surface area contributed by atoms with Crippen LogP contribution in [0.5, 0.6) is 0 Å². The second-order valence-electron chi connectivity index (χ2n) is 6.08. The first kappa shape index (κ1) is 14.9. The van der Waals surface area contributed by atoms with Crippen LogP contribution in [0.4, 0.5) is 0 Å². The van der Waals surface area contributed by atoms with Gasteiger partial charge in [0.2, 0.25) is 11.3 Å². The van der Waals surface area contributed by atoms with Gasteiger partial charge < -0.3 is 9.15 Å². The first-order valence-corrected chi connectivity index (χ1v) is 7.97. The lowest BCUT2D eigenvalue weighted by Crippen LogP contribution is -2.24. The van der Waals surface area contributed by atoms with Gasteiger partial charge in [-0.05, 0) is 43.7 Å². The van der Waals surface area contributed by atoms with Gasteiger partial charge in [0.25, 0.3) is 5.56 Å². The Labute approximate surface area is 137 Å². The maximum atomic E-state index is 12.6. The standard InChI is InChI=1S/C17H17N3O4/c1-9-10-5-3-4-6-11(10)13-14-15(24-16(13)19-9)17(22)20(8-18-14)7-12(21)23-2/h8H,3-7H2,1-2H3. The first-order valence-electron chi connectivity index (χ1n) is 7.97. The zero-order valence-corrected chi connectivity index (χ0v) is 13.6. The number of rotatable bonds is 2. The number of aromatic nitrogens is 3. The number of pyridine rings is 1. The second kappa shape index (κ2) is 5.43. The molecule has 1 aliphatic rings. The summed E-state index contributed by atoms with van der Waals surface area (Å²) in [6, 6.07) is 0. The van der Waals surface area contributed by atoms with Crippen LogP contribution in [-0.4, -0.2) is 27.6 Å². The van der Waals surface area contributed by atoms with Crippen LogP contribution in [0.3, 0.4) is 0 Å². The molecule has 0 spiro atoms. The van der Waals surface area contributed by atoms with E-state index < -0.39 is 11.5 Å². The van der Waals surface area contributed by atoms with Crippen molar-refractivity contribution < 1.29 is 13.9 Å². The van der Waals surface area contributed by atoms with E-state index in [1.165, 1.54) is 29.1 Å².